The molecule has 4 heterocycles. The van der Waals surface area contributed by atoms with Gasteiger partial charge in [0.15, 0.2) is 23.9 Å². The number of phenols is 1. The van der Waals surface area contributed by atoms with Gasteiger partial charge in [0, 0.05) is 44.4 Å². The Morgan fingerprint density at radius 3 is 2.61 bits per heavy atom. The Kier molecular flexibility index (Phi) is 7.25. The number of benzene rings is 2. The maximum atomic E-state index is 13.1. The number of ketones is 1. The van der Waals surface area contributed by atoms with Gasteiger partial charge in [0.2, 0.25) is 11.4 Å². The number of epoxide rings is 1. The van der Waals surface area contributed by atoms with E-state index in [0.29, 0.717) is 41.6 Å². The summed E-state index contributed by atoms with van der Waals surface area (Å²) < 4.78 is 47.9. The Balaban J connectivity index is 1.23. The van der Waals surface area contributed by atoms with Crippen LogP contribution in [0.3, 0.4) is 0 Å². The number of phenolic OH excluding ortho intramolecular Hbond substituents is 1. The molecular formula is C32H39NO13. The topological polar surface area (TPSA) is 184 Å². The van der Waals surface area contributed by atoms with Crippen LogP contribution in [0.2, 0.25) is 0 Å². The van der Waals surface area contributed by atoms with Gasteiger partial charge in [-0.2, -0.15) is 0 Å². The highest BCUT2D eigenvalue weighted by Crippen LogP contribution is 2.61. The molecule has 14 nitrogen and oxygen atoms in total. The maximum Gasteiger partial charge on any atom is 0.303 e. The molecule has 8 unspecified atom stereocenters. The summed E-state index contributed by atoms with van der Waals surface area (Å²) in [5, 5.41) is 38.8. The largest absolute Gasteiger partial charge is 0.506 e. The summed E-state index contributed by atoms with van der Waals surface area (Å²) >= 11 is 0. The average Bonchev–Trinajstić information content (AvgIpc) is 3.81. The molecule has 4 aliphatic heterocycles. The molecule has 8 atom stereocenters. The summed E-state index contributed by atoms with van der Waals surface area (Å²) in [6, 6.07) is 3.58. The number of esters is 1. The van der Waals surface area contributed by atoms with Crippen molar-refractivity contribution in [2.24, 2.45) is 0 Å². The normalized spacial score (nSPS) is 37.8. The van der Waals surface area contributed by atoms with Gasteiger partial charge >= 0.3 is 5.97 Å². The zero-order valence-corrected chi connectivity index (χ0v) is 26.3. The number of nitrogens with one attached hydrogen (secondary N) is 1. The first kappa shape index (κ1) is 31.4. The number of fused-ring (bicyclic) bond motifs is 6. The first-order chi connectivity index (χ1) is 21.8. The molecule has 0 amide bonds. The molecule has 2 aromatic carbocycles. The van der Waals surface area contributed by atoms with E-state index in [1.54, 1.807) is 19.1 Å². The van der Waals surface area contributed by atoms with E-state index < -0.39 is 60.0 Å². The predicted molar refractivity (Wildman–Crippen MR) is 158 cm³/mol. The number of Topliss-reactive ketones (excluding diaryl/α,β-unsaturated/α-hetero) is 1. The van der Waals surface area contributed by atoms with E-state index in [1.807, 2.05) is 0 Å². The minimum Gasteiger partial charge on any atom is -0.506 e. The molecule has 0 radical (unpaired) electrons. The molecule has 0 aromatic heterocycles. The Hall–Kier alpha value is -3.24. The Bertz CT molecular complexity index is 1600. The molecule has 250 valence electrons. The van der Waals surface area contributed by atoms with Gasteiger partial charge in [-0.05, 0) is 38.8 Å². The van der Waals surface area contributed by atoms with Crippen molar-refractivity contribution in [3.63, 3.8) is 0 Å². The number of carbonyl (C=O) groups excluding carboxylic acids is 2. The molecule has 1 aliphatic carbocycles. The zero-order chi connectivity index (χ0) is 32.8. The number of ether oxygens (including phenoxy) is 8. The van der Waals surface area contributed by atoms with Crippen LogP contribution < -0.4 is 14.8 Å². The van der Waals surface area contributed by atoms with E-state index in [0.717, 1.165) is 0 Å². The van der Waals surface area contributed by atoms with Crippen LogP contribution in [0.1, 0.15) is 56.0 Å². The SMILES string of the molecule is COc1c2c(c(O)c3c4c(ccc13)NCC1OC(O)(COC3CC(C)(O)C(OC(C)=O)C(C)O3)C3(CO3)C1(OC)O4)C(=O)CCC2. The molecule has 1 spiro atoms. The Morgan fingerprint density at radius 1 is 1.20 bits per heavy atom. The first-order valence-electron chi connectivity index (χ1n) is 15.4. The van der Waals surface area contributed by atoms with Gasteiger partial charge in [0.25, 0.3) is 5.79 Å². The summed E-state index contributed by atoms with van der Waals surface area (Å²) in [5.41, 5.74) is -1.68. The smallest absolute Gasteiger partial charge is 0.303 e. The number of carbonyl (C=O) groups is 2. The van der Waals surface area contributed by atoms with Gasteiger partial charge in [-0.3, -0.25) is 9.59 Å². The third-order valence-corrected chi connectivity index (χ3v) is 9.93. The van der Waals surface area contributed by atoms with Crippen LogP contribution in [0.5, 0.6) is 17.2 Å². The summed E-state index contributed by atoms with van der Waals surface area (Å²) in [4.78, 5) is 24.6. The number of methoxy groups -OCH3 is 2. The fourth-order valence-electron chi connectivity index (χ4n) is 7.75. The zero-order valence-electron chi connectivity index (χ0n) is 26.3. The molecule has 7 rings (SSSR count). The van der Waals surface area contributed by atoms with Crippen molar-refractivity contribution >= 4 is 28.2 Å². The van der Waals surface area contributed by atoms with Crippen molar-refractivity contribution in [2.45, 2.75) is 93.8 Å². The van der Waals surface area contributed by atoms with Crippen molar-refractivity contribution in [1.82, 2.24) is 0 Å². The first-order valence-corrected chi connectivity index (χ1v) is 15.4. The van der Waals surface area contributed by atoms with Crippen LogP contribution in [0.25, 0.3) is 10.8 Å². The van der Waals surface area contributed by atoms with E-state index in [1.165, 1.54) is 28.1 Å². The molecule has 0 bridgehead atoms. The van der Waals surface area contributed by atoms with Crippen LogP contribution in [0.4, 0.5) is 5.69 Å². The minimum absolute atomic E-state index is 0.0192. The second kappa shape index (κ2) is 10.6. The summed E-state index contributed by atoms with van der Waals surface area (Å²) in [6.45, 7) is 4.07. The molecular weight excluding hydrogens is 606 g/mol. The van der Waals surface area contributed by atoms with Crippen molar-refractivity contribution < 1.29 is 62.8 Å². The van der Waals surface area contributed by atoms with Crippen LogP contribution in [0.15, 0.2) is 12.1 Å². The van der Waals surface area contributed by atoms with Crippen molar-refractivity contribution in [3.8, 4) is 17.2 Å². The van der Waals surface area contributed by atoms with Gasteiger partial charge in [-0.25, -0.2) is 0 Å². The van der Waals surface area contributed by atoms with E-state index in [-0.39, 0.29) is 47.8 Å². The van der Waals surface area contributed by atoms with Gasteiger partial charge < -0.3 is 58.5 Å². The molecule has 2 aromatic rings. The quantitative estimate of drug-likeness (QED) is 0.264. The Labute approximate surface area is 264 Å². The lowest BCUT2D eigenvalue weighted by molar-refractivity contribution is -0.311. The number of anilines is 1. The monoisotopic (exact) mass is 645 g/mol. The van der Waals surface area contributed by atoms with Gasteiger partial charge in [0.05, 0.1) is 36.5 Å². The number of aliphatic hydroxyl groups is 2. The highest BCUT2D eigenvalue weighted by Gasteiger charge is 2.85. The van der Waals surface area contributed by atoms with Gasteiger partial charge in [-0.1, -0.05) is 0 Å². The van der Waals surface area contributed by atoms with Crippen LogP contribution in [0, 0.1) is 0 Å². The van der Waals surface area contributed by atoms with Gasteiger partial charge in [0.1, 0.15) is 29.8 Å². The summed E-state index contributed by atoms with van der Waals surface area (Å²) in [6.07, 6.45) is -2.08. The molecule has 0 saturated carbocycles. The fourth-order valence-corrected chi connectivity index (χ4v) is 7.75. The minimum atomic E-state index is -2.10. The van der Waals surface area contributed by atoms with Crippen molar-refractivity contribution in [1.29, 1.82) is 0 Å². The van der Waals surface area contributed by atoms with E-state index in [2.05, 4.69) is 5.32 Å². The molecule has 3 saturated heterocycles. The lowest BCUT2D eigenvalue weighted by Crippen LogP contribution is -2.62. The van der Waals surface area contributed by atoms with Crippen LogP contribution in [-0.2, 0) is 39.6 Å². The van der Waals surface area contributed by atoms with Crippen molar-refractivity contribution in [3.05, 3.63) is 23.3 Å². The molecule has 5 aliphatic rings. The second-order valence-corrected chi connectivity index (χ2v) is 12.9. The highest BCUT2D eigenvalue weighted by molar-refractivity contribution is 6.12. The highest BCUT2D eigenvalue weighted by atomic mass is 16.8. The van der Waals surface area contributed by atoms with E-state index in [4.69, 9.17) is 37.9 Å². The third kappa shape index (κ3) is 4.35. The molecule has 3 fully saturated rings. The fraction of sp³-hybridized carbons (Fsp3) is 0.625. The standard InChI is InChI=1S/C32H39NO13/c1-15-28(44-16(2)34)29(3,37)11-22(43-15)41-14-31(38)30(13-42-30)32(40-5)21(45-31)12-33-19-10-9-18-24(27(19)46-32)25(36)23-17(26(18)39-4)7-6-8-20(23)35/h9-10,15,21-22,28,33,36-38H,6-8,11-14H2,1-5H3. The number of hydrogen-bond donors (Lipinski definition) is 4. The molecule has 46 heavy (non-hydrogen) atoms. The van der Waals surface area contributed by atoms with Crippen LogP contribution in [-0.4, -0.2) is 108 Å². The maximum absolute atomic E-state index is 13.1. The third-order valence-electron chi connectivity index (χ3n) is 9.93. The lowest BCUT2D eigenvalue weighted by atomic mass is 9.86. The van der Waals surface area contributed by atoms with E-state index >= 15 is 0 Å². The molecule has 4 N–H and O–H groups in total. The second-order valence-electron chi connectivity index (χ2n) is 12.9. The van der Waals surface area contributed by atoms with Gasteiger partial charge in [-0.15, -0.1) is 0 Å². The Morgan fingerprint density at radius 2 is 1.96 bits per heavy atom. The molecule has 14 heteroatoms. The predicted octanol–water partition coefficient (Wildman–Crippen LogP) is 1.91. The number of hydrogen-bond acceptors (Lipinski definition) is 14. The lowest BCUT2D eigenvalue weighted by Gasteiger charge is -2.44. The van der Waals surface area contributed by atoms with Crippen LogP contribution >= 0.6 is 0 Å². The summed E-state index contributed by atoms with van der Waals surface area (Å²) in [7, 11) is 2.93. The number of rotatable bonds is 6. The van der Waals surface area contributed by atoms with Crippen molar-refractivity contribution in [2.75, 3.05) is 39.3 Å². The number of aromatic hydroxyl groups is 1. The average molecular weight is 646 g/mol. The van der Waals surface area contributed by atoms with E-state index in [9.17, 15) is 24.9 Å². The summed E-state index contributed by atoms with van der Waals surface area (Å²) in [5.74, 6) is -4.13.